The normalized spacial score (nSPS) is 16.0. The first-order chi connectivity index (χ1) is 14.8. The maximum atomic E-state index is 5.52. The minimum atomic E-state index is 0.545. The van der Waals surface area contributed by atoms with Crippen LogP contribution in [0.15, 0.2) is 36.5 Å². The van der Waals surface area contributed by atoms with Gasteiger partial charge < -0.3 is 19.5 Å². The molecule has 1 fully saturated rings. The van der Waals surface area contributed by atoms with Crippen molar-refractivity contribution in [2.45, 2.75) is 13.0 Å². The van der Waals surface area contributed by atoms with Crippen LogP contribution in [0.5, 0.6) is 0 Å². The van der Waals surface area contributed by atoms with Gasteiger partial charge in [-0.25, -0.2) is 15.0 Å². The van der Waals surface area contributed by atoms with Crippen LogP contribution in [0, 0.1) is 11.8 Å². The molecule has 0 bridgehead atoms. The lowest BCUT2D eigenvalue weighted by atomic mass is 10.1. The third kappa shape index (κ3) is 3.80. The summed E-state index contributed by atoms with van der Waals surface area (Å²) < 4.78 is 7.46. The quantitative estimate of drug-likeness (QED) is 0.661. The van der Waals surface area contributed by atoms with Crippen LogP contribution in [0.2, 0.25) is 0 Å². The Bertz CT molecular complexity index is 1110. The lowest BCUT2D eigenvalue weighted by molar-refractivity contribution is 0.122. The fourth-order valence-electron chi connectivity index (χ4n) is 3.87. The van der Waals surface area contributed by atoms with Crippen LogP contribution in [0.25, 0.3) is 11.3 Å². The fourth-order valence-corrected chi connectivity index (χ4v) is 3.87. The highest BCUT2D eigenvalue weighted by Crippen LogP contribution is 2.24. The second-order valence-electron chi connectivity index (χ2n) is 7.50. The molecule has 3 aromatic rings. The molecule has 2 aliphatic rings. The Morgan fingerprint density at radius 3 is 2.70 bits per heavy atom. The molecule has 2 aromatic heterocycles. The van der Waals surface area contributed by atoms with Crippen LogP contribution in [0.1, 0.15) is 22.9 Å². The summed E-state index contributed by atoms with van der Waals surface area (Å²) in [6, 6.07) is 10.1. The minimum Gasteiger partial charge on any atom is -0.378 e. The Labute approximate surface area is 176 Å². The minimum absolute atomic E-state index is 0.545. The molecule has 0 amide bonds. The Morgan fingerprint density at radius 1 is 1.03 bits per heavy atom. The molecule has 0 radical (unpaired) electrons. The van der Waals surface area contributed by atoms with E-state index in [4.69, 9.17) is 14.7 Å². The van der Waals surface area contributed by atoms with Gasteiger partial charge >= 0.3 is 0 Å². The van der Waals surface area contributed by atoms with E-state index in [2.05, 4.69) is 27.0 Å². The molecule has 4 heterocycles. The van der Waals surface area contributed by atoms with Crippen LogP contribution < -0.4 is 10.2 Å². The SMILES string of the molecule is Cn1cc(-c2ccccc2)nc1C#Cc1nc2c(c(N3CCOCC3)n1)CCNC2. The smallest absolute Gasteiger partial charge is 0.207 e. The second kappa shape index (κ2) is 8.27. The molecule has 1 saturated heterocycles. The average Bonchev–Trinajstić information content (AvgIpc) is 3.19. The molecule has 0 atom stereocenters. The van der Waals surface area contributed by atoms with Gasteiger partial charge in [-0.15, -0.1) is 0 Å². The molecule has 30 heavy (non-hydrogen) atoms. The van der Waals surface area contributed by atoms with Crippen molar-refractivity contribution in [3.05, 3.63) is 59.4 Å². The highest BCUT2D eigenvalue weighted by molar-refractivity contribution is 5.59. The number of hydrogen-bond acceptors (Lipinski definition) is 6. The summed E-state index contributed by atoms with van der Waals surface area (Å²) in [5.74, 6) is 8.58. The molecule has 7 nitrogen and oxygen atoms in total. The zero-order valence-corrected chi connectivity index (χ0v) is 17.1. The summed E-state index contributed by atoms with van der Waals surface area (Å²) in [7, 11) is 1.96. The maximum absolute atomic E-state index is 5.52. The number of ether oxygens (including phenoxy) is 1. The number of hydrogen-bond donors (Lipinski definition) is 1. The summed E-state index contributed by atoms with van der Waals surface area (Å²) in [6.45, 7) is 4.87. The van der Waals surface area contributed by atoms with Crippen LogP contribution in [-0.4, -0.2) is 52.4 Å². The van der Waals surface area contributed by atoms with Gasteiger partial charge in [-0.05, 0) is 24.8 Å². The molecule has 7 heteroatoms. The predicted molar refractivity (Wildman–Crippen MR) is 115 cm³/mol. The zero-order chi connectivity index (χ0) is 20.3. The van der Waals surface area contributed by atoms with Crippen molar-refractivity contribution in [2.24, 2.45) is 7.05 Å². The molecule has 0 unspecified atom stereocenters. The number of benzene rings is 1. The summed E-state index contributed by atoms with van der Waals surface area (Å²) in [6.07, 6.45) is 2.94. The lowest BCUT2D eigenvalue weighted by Crippen LogP contribution is -2.39. The molecular formula is C23H24N6O. The molecular weight excluding hydrogens is 376 g/mol. The van der Waals surface area contributed by atoms with Crippen molar-refractivity contribution < 1.29 is 4.74 Å². The summed E-state index contributed by atoms with van der Waals surface area (Å²) >= 11 is 0. The first-order valence-electron chi connectivity index (χ1n) is 10.3. The van der Waals surface area contributed by atoms with Crippen molar-refractivity contribution in [2.75, 3.05) is 37.7 Å². The van der Waals surface area contributed by atoms with Gasteiger partial charge in [0, 0.05) is 44.0 Å². The Hall–Kier alpha value is -3.21. The van der Waals surface area contributed by atoms with E-state index in [0.717, 1.165) is 68.6 Å². The molecule has 1 aromatic carbocycles. The number of aromatic nitrogens is 4. The summed E-state index contributed by atoms with van der Waals surface area (Å²) in [5.41, 5.74) is 4.27. The summed E-state index contributed by atoms with van der Waals surface area (Å²) in [4.78, 5) is 16.6. The van der Waals surface area contributed by atoms with Crippen molar-refractivity contribution in [1.29, 1.82) is 0 Å². The number of morpholine rings is 1. The number of fused-ring (bicyclic) bond motifs is 1. The van der Waals surface area contributed by atoms with Crippen LogP contribution in [-0.2, 0) is 24.8 Å². The number of aryl methyl sites for hydroxylation is 1. The van der Waals surface area contributed by atoms with Gasteiger partial charge in [-0.3, -0.25) is 0 Å². The maximum Gasteiger partial charge on any atom is 0.207 e. The second-order valence-corrected chi connectivity index (χ2v) is 7.50. The molecule has 2 aliphatic heterocycles. The zero-order valence-electron chi connectivity index (χ0n) is 17.1. The van der Waals surface area contributed by atoms with Gasteiger partial charge in [0.25, 0.3) is 0 Å². The van der Waals surface area contributed by atoms with Gasteiger partial charge in [-0.2, -0.15) is 0 Å². The van der Waals surface area contributed by atoms with Crippen LogP contribution in [0.4, 0.5) is 5.82 Å². The van der Waals surface area contributed by atoms with Gasteiger partial charge in [0.1, 0.15) is 5.82 Å². The highest BCUT2D eigenvalue weighted by atomic mass is 16.5. The van der Waals surface area contributed by atoms with Gasteiger partial charge in [-0.1, -0.05) is 30.3 Å². The molecule has 1 N–H and O–H groups in total. The van der Waals surface area contributed by atoms with Crippen LogP contribution in [0.3, 0.4) is 0 Å². The standard InChI is InChI=1S/C23H24N6O/c1-28-16-20(17-5-3-2-4-6-17)26-22(28)8-7-21-25-19-15-24-10-9-18(19)23(27-21)29-11-13-30-14-12-29/h2-6,16,24H,9-15H2,1H3. The number of rotatable bonds is 2. The number of nitrogens with one attached hydrogen (secondary N) is 1. The molecule has 152 valence electrons. The molecule has 0 spiro atoms. The molecule has 0 saturated carbocycles. The van der Waals surface area contributed by atoms with Crippen molar-refractivity contribution in [1.82, 2.24) is 24.8 Å². The van der Waals surface area contributed by atoms with E-state index in [-0.39, 0.29) is 0 Å². The third-order valence-corrected chi connectivity index (χ3v) is 5.46. The third-order valence-electron chi connectivity index (χ3n) is 5.46. The average molecular weight is 400 g/mol. The van der Waals surface area contributed by atoms with Crippen molar-refractivity contribution in [3.63, 3.8) is 0 Å². The Balaban J connectivity index is 1.49. The predicted octanol–water partition coefficient (Wildman–Crippen LogP) is 1.76. The number of imidazole rings is 1. The molecule has 5 rings (SSSR count). The fraction of sp³-hybridized carbons (Fsp3) is 0.348. The van der Waals surface area contributed by atoms with E-state index in [0.29, 0.717) is 11.6 Å². The largest absolute Gasteiger partial charge is 0.378 e. The Kier molecular flexibility index (Phi) is 5.18. The first kappa shape index (κ1) is 18.8. The van der Waals surface area contributed by atoms with Crippen molar-refractivity contribution in [3.8, 4) is 23.1 Å². The number of anilines is 1. The van der Waals surface area contributed by atoms with E-state index in [1.807, 2.05) is 48.1 Å². The van der Waals surface area contributed by atoms with E-state index in [1.54, 1.807) is 0 Å². The number of nitrogens with zero attached hydrogens (tertiary/aromatic N) is 5. The van der Waals surface area contributed by atoms with E-state index >= 15 is 0 Å². The highest BCUT2D eigenvalue weighted by Gasteiger charge is 2.22. The summed E-state index contributed by atoms with van der Waals surface area (Å²) in [5, 5.41) is 3.40. The molecule has 0 aliphatic carbocycles. The van der Waals surface area contributed by atoms with Gasteiger partial charge in [0.15, 0.2) is 5.82 Å². The first-order valence-corrected chi connectivity index (χ1v) is 10.3. The van der Waals surface area contributed by atoms with E-state index in [1.165, 1.54) is 5.56 Å². The van der Waals surface area contributed by atoms with Crippen LogP contribution >= 0.6 is 0 Å². The van der Waals surface area contributed by atoms with Crippen molar-refractivity contribution >= 4 is 5.82 Å². The van der Waals surface area contributed by atoms with Gasteiger partial charge in [0.2, 0.25) is 5.82 Å². The van der Waals surface area contributed by atoms with Gasteiger partial charge in [0.05, 0.1) is 24.6 Å². The Morgan fingerprint density at radius 2 is 1.87 bits per heavy atom. The van der Waals surface area contributed by atoms with E-state index in [9.17, 15) is 0 Å². The lowest BCUT2D eigenvalue weighted by Gasteiger charge is -2.31. The monoisotopic (exact) mass is 400 g/mol. The topological polar surface area (TPSA) is 68.1 Å². The van der Waals surface area contributed by atoms with E-state index < -0.39 is 0 Å².